The summed E-state index contributed by atoms with van der Waals surface area (Å²) < 4.78 is 1.88. The fourth-order valence-corrected chi connectivity index (χ4v) is 3.78. The summed E-state index contributed by atoms with van der Waals surface area (Å²) in [6.45, 7) is 9.09. The van der Waals surface area contributed by atoms with E-state index in [-0.39, 0.29) is 5.41 Å². The Morgan fingerprint density at radius 1 is 1.10 bits per heavy atom. The zero-order chi connectivity index (χ0) is 20.2. The number of rotatable bonds is 4. The van der Waals surface area contributed by atoms with E-state index in [1.807, 2.05) is 34.8 Å². The van der Waals surface area contributed by atoms with Crippen LogP contribution >= 0.6 is 0 Å². The predicted molar refractivity (Wildman–Crippen MR) is 113 cm³/mol. The Bertz CT molecular complexity index is 1130. The maximum atomic E-state index is 4.81. The number of anilines is 1. The molecule has 0 amide bonds. The van der Waals surface area contributed by atoms with Gasteiger partial charge in [-0.2, -0.15) is 4.52 Å². The summed E-state index contributed by atoms with van der Waals surface area (Å²) in [5.74, 6) is 2.86. The van der Waals surface area contributed by atoms with E-state index in [0.717, 1.165) is 53.8 Å². The van der Waals surface area contributed by atoms with Gasteiger partial charge in [0, 0.05) is 24.5 Å². The van der Waals surface area contributed by atoms with Gasteiger partial charge in [0.05, 0.1) is 17.6 Å². The van der Waals surface area contributed by atoms with Crippen LogP contribution in [0.15, 0.2) is 36.4 Å². The van der Waals surface area contributed by atoms with E-state index in [0.29, 0.717) is 6.04 Å². The van der Waals surface area contributed by atoms with Crippen molar-refractivity contribution in [2.75, 3.05) is 25.0 Å². The van der Waals surface area contributed by atoms with Crippen LogP contribution < -0.4 is 4.90 Å². The summed E-state index contributed by atoms with van der Waals surface area (Å²) in [5.41, 5.74) is 2.80. The first kappa shape index (κ1) is 18.1. The Morgan fingerprint density at radius 2 is 1.90 bits per heavy atom. The van der Waals surface area contributed by atoms with Crippen LogP contribution in [0.3, 0.4) is 0 Å². The minimum absolute atomic E-state index is 0.102. The highest BCUT2D eigenvalue weighted by Crippen LogP contribution is 2.25. The second-order valence-corrected chi connectivity index (χ2v) is 8.91. The molecule has 4 aromatic rings. The van der Waals surface area contributed by atoms with E-state index >= 15 is 0 Å². The third-order valence-electron chi connectivity index (χ3n) is 5.57. The number of H-pyrrole nitrogens is 1. The van der Waals surface area contributed by atoms with Gasteiger partial charge in [-0.3, -0.25) is 4.90 Å². The molecule has 5 rings (SSSR count). The number of likely N-dealkylation sites (N-methyl/N-ethyl adjacent to an activating group) is 1. The summed E-state index contributed by atoms with van der Waals surface area (Å²) in [7, 11) is 2.16. The number of para-hydroxylation sites is 2. The highest BCUT2D eigenvalue weighted by molar-refractivity contribution is 5.74. The van der Waals surface area contributed by atoms with Crippen molar-refractivity contribution in [2.45, 2.75) is 38.8 Å². The lowest BCUT2D eigenvalue weighted by Crippen LogP contribution is -2.58. The third-order valence-corrected chi connectivity index (χ3v) is 5.57. The largest absolute Gasteiger partial charge is 0.352 e. The minimum Gasteiger partial charge on any atom is -0.352 e. The molecule has 8 nitrogen and oxygen atoms in total. The molecule has 1 aromatic carbocycles. The van der Waals surface area contributed by atoms with Crippen LogP contribution in [0.4, 0.5) is 5.82 Å². The second kappa shape index (κ2) is 6.52. The lowest BCUT2D eigenvalue weighted by Gasteiger charge is -2.44. The molecule has 8 heteroatoms. The summed E-state index contributed by atoms with van der Waals surface area (Å²) in [6, 6.07) is 12.7. The van der Waals surface area contributed by atoms with Crippen LogP contribution in [0.1, 0.15) is 32.4 Å². The second-order valence-electron chi connectivity index (χ2n) is 8.91. The molecule has 0 atom stereocenters. The minimum atomic E-state index is -0.102. The van der Waals surface area contributed by atoms with Gasteiger partial charge in [0.2, 0.25) is 0 Å². The molecule has 0 bridgehead atoms. The van der Waals surface area contributed by atoms with E-state index in [9.17, 15) is 0 Å². The smallest absolute Gasteiger partial charge is 0.178 e. The molecule has 0 saturated carbocycles. The van der Waals surface area contributed by atoms with Crippen LogP contribution in [-0.2, 0) is 12.0 Å². The molecule has 0 spiro atoms. The zero-order valence-electron chi connectivity index (χ0n) is 17.3. The highest BCUT2D eigenvalue weighted by atomic mass is 15.4. The molecule has 0 radical (unpaired) electrons. The van der Waals surface area contributed by atoms with Crippen molar-refractivity contribution >= 4 is 22.5 Å². The first-order valence-corrected chi connectivity index (χ1v) is 10.0. The average molecular weight is 390 g/mol. The van der Waals surface area contributed by atoms with Crippen molar-refractivity contribution < 1.29 is 0 Å². The van der Waals surface area contributed by atoms with Crippen LogP contribution in [0.2, 0.25) is 0 Å². The Morgan fingerprint density at radius 3 is 2.66 bits per heavy atom. The maximum absolute atomic E-state index is 4.81. The summed E-state index contributed by atoms with van der Waals surface area (Å²) in [6.07, 6.45) is 0. The monoisotopic (exact) mass is 390 g/mol. The van der Waals surface area contributed by atoms with Crippen LogP contribution in [-0.4, -0.2) is 60.9 Å². The van der Waals surface area contributed by atoms with Gasteiger partial charge < -0.3 is 9.88 Å². The molecule has 0 unspecified atom stereocenters. The molecule has 1 aliphatic heterocycles. The summed E-state index contributed by atoms with van der Waals surface area (Å²) in [5, 5.41) is 13.4. The Balaban J connectivity index is 1.27. The van der Waals surface area contributed by atoms with Gasteiger partial charge in [-0.15, -0.1) is 15.3 Å². The first-order chi connectivity index (χ1) is 13.9. The van der Waals surface area contributed by atoms with Gasteiger partial charge in [0.25, 0.3) is 0 Å². The molecule has 1 aliphatic rings. The molecular weight excluding hydrogens is 364 g/mol. The molecule has 1 N–H and O–H groups in total. The van der Waals surface area contributed by atoms with Crippen LogP contribution in [0.5, 0.6) is 0 Å². The van der Waals surface area contributed by atoms with Gasteiger partial charge in [-0.05, 0) is 31.3 Å². The van der Waals surface area contributed by atoms with E-state index in [4.69, 9.17) is 10.1 Å². The Hall–Kier alpha value is -3.00. The molecule has 29 heavy (non-hydrogen) atoms. The van der Waals surface area contributed by atoms with Gasteiger partial charge >= 0.3 is 0 Å². The number of aromatic amines is 1. The molecular formula is C21H26N8. The van der Waals surface area contributed by atoms with Crippen molar-refractivity contribution in [3.63, 3.8) is 0 Å². The molecule has 4 heterocycles. The Kier molecular flexibility index (Phi) is 4.06. The molecule has 1 saturated heterocycles. The number of benzene rings is 1. The third kappa shape index (κ3) is 3.23. The maximum Gasteiger partial charge on any atom is 0.178 e. The SMILES string of the molecule is CN(Cc1nc2ccccc2[nH]1)C1CN(c2ccc3nnc(C(C)(C)C)n3n2)C1. The fraction of sp³-hybridized carbons (Fsp3) is 0.429. The lowest BCUT2D eigenvalue weighted by molar-refractivity contribution is 0.193. The number of fused-ring (bicyclic) bond motifs is 2. The molecule has 150 valence electrons. The lowest BCUT2D eigenvalue weighted by atomic mass is 9.96. The normalized spacial score (nSPS) is 15.6. The van der Waals surface area contributed by atoms with Crippen molar-refractivity contribution in [1.29, 1.82) is 0 Å². The van der Waals surface area contributed by atoms with E-state index in [1.54, 1.807) is 0 Å². The number of hydrogen-bond acceptors (Lipinski definition) is 6. The summed E-state index contributed by atoms with van der Waals surface area (Å²) in [4.78, 5) is 12.8. The topological polar surface area (TPSA) is 78.2 Å². The van der Waals surface area contributed by atoms with Crippen LogP contribution in [0, 0.1) is 0 Å². The molecule has 1 fully saturated rings. The number of nitrogens with zero attached hydrogens (tertiary/aromatic N) is 7. The van der Waals surface area contributed by atoms with Gasteiger partial charge in [0.1, 0.15) is 11.6 Å². The van der Waals surface area contributed by atoms with Crippen LogP contribution in [0.25, 0.3) is 16.7 Å². The number of nitrogens with one attached hydrogen (secondary N) is 1. The fourth-order valence-electron chi connectivity index (χ4n) is 3.78. The van der Waals surface area contributed by atoms with Crippen molar-refractivity contribution in [1.82, 2.24) is 34.7 Å². The molecule has 3 aromatic heterocycles. The van der Waals surface area contributed by atoms with Gasteiger partial charge in [-0.25, -0.2) is 4.98 Å². The van der Waals surface area contributed by atoms with Crippen molar-refractivity contribution in [3.8, 4) is 0 Å². The van der Waals surface area contributed by atoms with Crippen molar-refractivity contribution in [3.05, 3.63) is 48.0 Å². The quantitative estimate of drug-likeness (QED) is 0.577. The van der Waals surface area contributed by atoms with Gasteiger partial charge in [-0.1, -0.05) is 32.9 Å². The number of hydrogen-bond donors (Lipinski definition) is 1. The van der Waals surface area contributed by atoms with Gasteiger partial charge in [0.15, 0.2) is 11.5 Å². The average Bonchev–Trinajstić information content (AvgIpc) is 3.22. The highest BCUT2D eigenvalue weighted by Gasteiger charge is 2.32. The summed E-state index contributed by atoms with van der Waals surface area (Å²) >= 11 is 0. The Labute approximate surface area is 169 Å². The molecule has 0 aliphatic carbocycles. The van der Waals surface area contributed by atoms with Crippen molar-refractivity contribution in [2.24, 2.45) is 0 Å². The standard InChI is InChI=1S/C21H26N8/c1-21(2,3)20-25-24-18-9-10-19(26-29(18)20)28-11-14(12-28)27(4)13-17-22-15-7-5-6-8-16(15)23-17/h5-10,14H,11-13H2,1-4H3,(H,22,23). The predicted octanol–water partition coefficient (Wildman–Crippen LogP) is 2.62. The van der Waals surface area contributed by atoms with E-state index < -0.39 is 0 Å². The van der Waals surface area contributed by atoms with E-state index in [1.165, 1.54) is 0 Å². The number of imidazole rings is 1. The van der Waals surface area contributed by atoms with E-state index in [2.05, 4.69) is 58.9 Å². The number of aromatic nitrogens is 6. The first-order valence-electron chi connectivity index (χ1n) is 10.0. The zero-order valence-corrected chi connectivity index (χ0v) is 17.3.